The second-order valence-electron chi connectivity index (χ2n) is 5.22. The van der Waals surface area contributed by atoms with Crippen molar-refractivity contribution in [3.63, 3.8) is 0 Å². The molecule has 0 saturated heterocycles. The molecule has 0 aliphatic heterocycles. The molecule has 1 aromatic carbocycles. The third-order valence-electron chi connectivity index (χ3n) is 3.61. The number of rotatable bonds is 6. The Morgan fingerprint density at radius 1 is 1.24 bits per heavy atom. The summed E-state index contributed by atoms with van der Waals surface area (Å²) in [6.45, 7) is 0.565. The van der Waals surface area contributed by atoms with E-state index in [1.165, 1.54) is 12.8 Å². The van der Waals surface area contributed by atoms with Gasteiger partial charge >= 0.3 is 0 Å². The number of anilines is 1. The number of ether oxygens (including phenoxy) is 2. The zero-order chi connectivity index (χ0) is 14.8. The van der Waals surface area contributed by atoms with Crippen molar-refractivity contribution < 1.29 is 14.0 Å². The van der Waals surface area contributed by atoms with Gasteiger partial charge in [0.1, 0.15) is 0 Å². The second kappa shape index (κ2) is 5.63. The predicted octanol–water partition coefficient (Wildman–Crippen LogP) is 2.60. The molecule has 1 heterocycles. The number of hydrogen-bond acceptors (Lipinski definition) is 6. The van der Waals surface area contributed by atoms with Crippen molar-refractivity contribution in [2.75, 3.05) is 26.2 Å². The maximum absolute atomic E-state index is 5.32. The Morgan fingerprint density at radius 2 is 2.00 bits per heavy atom. The molecule has 112 valence electrons. The van der Waals surface area contributed by atoms with Crippen LogP contribution in [0.15, 0.2) is 22.7 Å². The standard InChI is InChI=1S/C15H19N3O3/c1-18(9-14-16-15(17-21-14)10-4-5-10)11-6-7-12(19-2)13(8-11)20-3/h6-8,10H,4-5,9H2,1-3H3. The van der Waals surface area contributed by atoms with Crippen LogP contribution in [0.25, 0.3) is 0 Å². The van der Waals surface area contributed by atoms with Crippen LogP contribution in [0.3, 0.4) is 0 Å². The van der Waals surface area contributed by atoms with E-state index in [9.17, 15) is 0 Å². The van der Waals surface area contributed by atoms with Crippen LogP contribution in [0.4, 0.5) is 5.69 Å². The summed E-state index contributed by atoms with van der Waals surface area (Å²) in [7, 11) is 5.23. The predicted molar refractivity (Wildman–Crippen MR) is 77.9 cm³/mol. The molecule has 0 bridgehead atoms. The summed E-state index contributed by atoms with van der Waals surface area (Å²) in [5, 5.41) is 4.03. The smallest absolute Gasteiger partial charge is 0.246 e. The third-order valence-corrected chi connectivity index (χ3v) is 3.61. The lowest BCUT2D eigenvalue weighted by molar-refractivity contribution is 0.354. The van der Waals surface area contributed by atoms with Gasteiger partial charge in [-0.1, -0.05) is 5.16 Å². The Bertz CT molecular complexity index is 622. The minimum absolute atomic E-state index is 0.508. The summed E-state index contributed by atoms with van der Waals surface area (Å²) < 4.78 is 15.9. The lowest BCUT2D eigenvalue weighted by atomic mass is 10.2. The maximum atomic E-state index is 5.32. The molecule has 21 heavy (non-hydrogen) atoms. The fraction of sp³-hybridized carbons (Fsp3) is 0.467. The molecule has 1 aromatic heterocycles. The fourth-order valence-electron chi connectivity index (χ4n) is 2.20. The van der Waals surface area contributed by atoms with Gasteiger partial charge in [0.05, 0.1) is 20.8 Å². The number of hydrogen-bond donors (Lipinski definition) is 0. The van der Waals surface area contributed by atoms with Gasteiger partial charge in [-0.15, -0.1) is 0 Å². The average Bonchev–Trinajstić information content (AvgIpc) is 3.26. The van der Waals surface area contributed by atoms with Gasteiger partial charge in [0, 0.05) is 24.7 Å². The second-order valence-corrected chi connectivity index (χ2v) is 5.22. The molecule has 0 atom stereocenters. The van der Waals surface area contributed by atoms with Gasteiger partial charge in [-0.25, -0.2) is 0 Å². The summed E-state index contributed by atoms with van der Waals surface area (Å²) >= 11 is 0. The van der Waals surface area contributed by atoms with Crippen LogP contribution in [-0.4, -0.2) is 31.4 Å². The first-order valence-corrected chi connectivity index (χ1v) is 6.97. The topological polar surface area (TPSA) is 60.6 Å². The molecule has 1 fully saturated rings. The van der Waals surface area contributed by atoms with Gasteiger partial charge in [0.15, 0.2) is 17.3 Å². The van der Waals surface area contributed by atoms with Crippen molar-refractivity contribution >= 4 is 5.69 Å². The number of nitrogens with zero attached hydrogens (tertiary/aromatic N) is 3. The van der Waals surface area contributed by atoms with Crippen molar-refractivity contribution in [2.45, 2.75) is 25.3 Å². The van der Waals surface area contributed by atoms with E-state index in [2.05, 4.69) is 10.1 Å². The molecule has 0 amide bonds. The molecule has 1 aliphatic rings. The zero-order valence-corrected chi connectivity index (χ0v) is 12.5. The van der Waals surface area contributed by atoms with E-state index < -0.39 is 0 Å². The molecule has 0 unspecified atom stereocenters. The van der Waals surface area contributed by atoms with Crippen LogP contribution in [0.2, 0.25) is 0 Å². The number of methoxy groups -OCH3 is 2. The summed E-state index contributed by atoms with van der Waals surface area (Å²) in [6.07, 6.45) is 2.34. The first-order chi connectivity index (χ1) is 10.2. The number of aromatic nitrogens is 2. The Labute approximate surface area is 123 Å². The molecule has 0 spiro atoms. The molecule has 6 heteroatoms. The van der Waals surface area contributed by atoms with Gasteiger partial charge in [-0.05, 0) is 25.0 Å². The normalized spacial score (nSPS) is 14.0. The van der Waals surface area contributed by atoms with Gasteiger partial charge in [-0.2, -0.15) is 4.98 Å². The molecular formula is C15H19N3O3. The Hall–Kier alpha value is -2.24. The minimum atomic E-state index is 0.508. The van der Waals surface area contributed by atoms with Crippen molar-refractivity contribution in [1.82, 2.24) is 10.1 Å². The summed E-state index contributed by atoms with van der Waals surface area (Å²) in [4.78, 5) is 6.47. The first-order valence-electron chi connectivity index (χ1n) is 6.97. The zero-order valence-electron chi connectivity index (χ0n) is 12.5. The lowest BCUT2D eigenvalue weighted by Crippen LogP contribution is -2.16. The Morgan fingerprint density at radius 3 is 2.67 bits per heavy atom. The monoisotopic (exact) mass is 289 g/mol. The van der Waals surface area contributed by atoms with E-state index >= 15 is 0 Å². The molecule has 0 radical (unpaired) electrons. The van der Waals surface area contributed by atoms with E-state index in [-0.39, 0.29) is 0 Å². The highest BCUT2D eigenvalue weighted by molar-refractivity contribution is 5.55. The molecule has 0 N–H and O–H groups in total. The SMILES string of the molecule is COc1ccc(N(C)Cc2nc(C3CC3)no2)cc1OC. The van der Waals surface area contributed by atoms with Crippen molar-refractivity contribution in [2.24, 2.45) is 0 Å². The highest BCUT2D eigenvalue weighted by atomic mass is 16.5. The molecule has 1 aliphatic carbocycles. The third kappa shape index (κ3) is 2.94. The van der Waals surface area contributed by atoms with Crippen molar-refractivity contribution in [3.05, 3.63) is 29.9 Å². The Balaban J connectivity index is 1.72. The highest BCUT2D eigenvalue weighted by Crippen LogP contribution is 2.38. The Kier molecular flexibility index (Phi) is 3.68. The number of benzene rings is 1. The minimum Gasteiger partial charge on any atom is -0.493 e. The van der Waals surface area contributed by atoms with Crippen molar-refractivity contribution in [3.8, 4) is 11.5 Å². The highest BCUT2D eigenvalue weighted by Gasteiger charge is 2.28. The summed E-state index contributed by atoms with van der Waals surface area (Å²) in [5.41, 5.74) is 0.999. The van der Waals surface area contributed by atoms with Crippen LogP contribution < -0.4 is 14.4 Å². The largest absolute Gasteiger partial charge is 0.493 e. The average molecular weight is 289 g/mol. The summed E-state index contributed by atoms with van der Waals surface area (Å²) in [5.74, 6) is 3.39. The quantitative estimate of drug-likeness (QED) is 0.814. The van der Waals surface area contributed by atoms with E-state index in [0.29, 0.717) is 29.9 Å². The van der Waals surface area contributed by atoms with Crippen LogP contribution >= 0.6 is 0 Å². The van der Waals surface area contributed by atoms with E-state index in [1.54, 1.807) is 14.2 Å². The maximum Gasteiger partial charge on any atom is 0.246 e. The molecule has 3 rings (SSSR count). The fourth-order valence-corrected chi connectivity index (χ4v) is 2.20. The molecule has 1 saturated carbocycles. The van der Waals surface area contributed by atoms with E-state index in [4.69, 9.17) is 14.0 Å². The van der Waals surface area contributed by atoms with Crippen LogP contribution in [-0.2, 0) is 6.54 Å². The summed E-state index contributed by atoms with van der Waals surface area (Å²) in [6, 6.07) is 5.78. The molecule has 6 nitrogen and oxygen atoms in total. The van der Waals surface area contributed by atoms with Crippen LogP contribution in [0, 0.1) is 0 Å². The van der Waals surface area contributed by atoms with Crippen LogP contribution in [0.5, 0.6) is 11.5 Å². The van der Waals surface area contributed by atoms with Gasteiger partial charge < -0.3 is 18.9 Å². The molecule has 2 aromatic rings. The van der Waals surface area contributed by atoms with Gasteiger partial charge in [0.2, 0.25) is 5.89 Å². The van der Waals surface area contributed by atoms with E-state index in [1.807, 2.05) is 30.1 Å². The lowest BCUT2D eigenvalue weighted by Gasteiger charge is -2.18. The van der Waals surface area contributed by atoms with Crippen LogP contribution in [0.1, 0.15) is 30.5 Å². The van der Waals surface area contributed by atoms with Gasteiger partial charge in [-0.3, -0.25) is 0 Å². The van der Waals surface area contributed by atoms with E-state index in [0.717, 1.165) is 11.5 Å². The first kappa shape index (κ1) is 13.7. The van der Waals surface area contributed by atoms with Gasteiger partial charge in [0.25, 0.3) is 0 Å². The van der Waals surface area contributed by atoms with Crippen molar-refractivity contribution in [1.29, 1.82) is 0 Å². The molecular weight excluding hydrogens is 270 g/mol.